The van der Waals surface area contributed by atoms with E-state index in [1.165, 1.54) is 24.7 Å². The number of anilines is 2. The van der Waals surface area contributed by atoms with Gasteiger partial charge in [-0.2, -0.15) is 30.1 Å². The van der Waals surface area contributed by atoms with Crippen molar-refractivity contribution in [1.29, 1.82) is 0 Å². The van der Waals surface area contributed by atoms with Crippen LogP contribution in [0, 0.1) is 0 Å². The molecule has 4 aromatic heterocycles. The number of amides is 2. The van der Waals surface area contributed by atoms with Gasteiger partial charge in [0.2, 0.25) is 22.4 Å². The molecule has 0 aromatic carbocycles. The van der Waals surface area contributed by atoms with Crippen molar-refractivity contribution in [1.82, 2.24) is 39.5 Å². The van der Waals surface area contributed by atoms with Crippen LogP contribution in [0.4, 0.5) is 11.6 Å². The van der Waals surface area contributed by atoms with Gasteiger partial charge in [-0.15, -0.1) is 0 Å². The molecule has 77 heavy (non-hydrogen) atoms. The third-order valence-electron chi connectivity index (χ3n) is 13.2. The maximum Gasteiger partial charge on any atom is 0.357 e. The number of hydrogen-bond donors (Lipinski definition) is 4. The standard InChI is InChI=1S/C29H45ClN5O8P.C18H25ClN5O8P/c1-17(36)34(18-12-10-11-13-18)23-19-14-31-35(24(19)33-26(30)32-23)25-22-21(40-29(8,9)41-22)20(39-25)15-38-16-44(37,42-27(2,3)4)43-28(5,6)7;1-9(25)23(10-4-2-3-5-10)15-11-6-20-24(16(11)22-18(19)21-15)17-14(27)13(26)12(32-17)7-31-8-33(28,29)30/h14,18,20-22,25H,10-13,15-16H2,1-9H3;6,10,12-14,17,26-27H,2-5,7-8H2,1H3,(H2,28,29,30)/t20-,21-,22-,25-;12-,13-,14-,17-/m11/s1. The molecule has 4 N–H and O–H groups in total. The lowest BCUT2D eigenvalue weighted by atomic mass is 10.1. The van der Waals surface area contributed by atoms with E-state index in [0.717, 1.165) is 51.4 Å². The molecule has 26 nitrogen and oxygen atoms in total. The van der Waals surface area contributed by atoms with Gasteiger partial charge in [-0.1, -0.05) is 25.7 Å². The summed E-state index contributed by atoms with van der Waals surface area (Å²) in [6.45, 7) is 17.2. The lowest BCUT2D eigenvalue weighted by Gasteiger charge is -2.32. The molecule has 2 saturated carbocycles. The van der Waals surface area contributed by atoms with E-state index < -0.39 is 87.6 Å². The molecule has 2 amide bonds. The van der Waals surface area contributed by atoms with Crippen LogP contribution in [0.2, 0.25) is 10.6 Å². The van der Waals surface area contributed by atoms with Gasteiger partial charge in [-0.05, 0) is 104 Å². The Morgan fingerprint density at radius 2 is 1.12 bits per heavy atom. The Labute approximate surface area is 455 Å². The minimum absolute atomic E-state index is 0.00898. The number of hydrogen-bond acceptors (Lipinski definition) is 20. The van der Waals surface area contributed by atoms with E-state index in [2.05, 4.69) is 30.1 Å². The van der Waals surface area contributed by atoms with Gasteiger partial charge in [0.1, 0.15) is 49.3 Å². The number of ether oxygens (including phenoxy) is 6. The van der Waals surface area contributed by atoms with Gasteiger partial charge >= 0.3 is 15.2 Å². The Hall–Kier alpha value is -3.40. The van der Waals surface area contributed by atoms with Crippen molar-refractivity contribution in [3.8, 4) is 0 Å². The Kier molecular flexibility index (Phi) is 18.0. The maximum absolute atomic E-state index is 13.7. The molecule has 8 atom stereocenters. The predicted molar refractivity (Wildman–Crippen MR) is 278 cm³/mol. The molecule has 5 aliphatic rings. The smallest absolute Gasteiger partial charge is 0.357 e. The molecule has 7 heterocycles. The molecule has 0 unspecified atom stereocenters. The van der Waals surface area contributed by atoms with Crippen LogP contribution in [0.5, 0.6) is 0 Å². The fourth-order valence-electron chi connectivity index (χ4n) is 10.5. The lowest BCUT2D eigenvalue weighted by molar-refractivity contribution is -0.202. The monoisotopic (exact) mass is 1160 g/mol. The Bertz CT molecular complexity index is 2850. The van der Waals surface area contributed by atoms with E-state index in [1.807, 2.05) is 55.4 Å². The number of fused-ring (bicyclic) bond motifs is 3. The van der Waals surface area contributed by atoms with Gasteiger partial charge in [-0.25, -0.2) is 9.36 Å². The van der Waals surface area contributed by atoms with E-state index in [-0.39, 0.29) is 59.7 Å². The second-order valence-electron chi connectivity index (χ2n) is 22.3. The molecule has 3 aliphatic heterocycles. The van der Waals surface area contributed by atoms with Gasteiger partial charge in [0.05, 0.1) is 47.6 Å². The summed E-state index contributed by atoms with van der Waals surface area (Å²) in [5.41, 5.74) is -0.822. The molecule has 9 rings (SSSR count). The summed E-state index contributed by atoms with van der Waals surface area (Å²) in [4.78, 5) is 63.9. The average Bonchev–Trinajstić information content (AvgIpc) is 4.20. The molecule has 30 heteroatoms. The lowest BCUT2D eigenvalue weighted by Crippen LogP contribution is -2.38. The van der Waals surface area contributed by atoms with Crippen molar-refractivity contribution < 1.29 is 76.2 Å². The van der Waals surface area contributed by atoms with Crippen molar-refractivity contribution in [2.75, 3.05) is 35.7 Å². The number of aliphatic hydroxyl groups excluding tert-OH is 2. The Morgan fingerprint density at radius 3 is 1.57 bits per heavy atom. The molecule has 5 fully saturated rings. The normalized spacial score (nSPS) is 26.2. The van der Waals surface area contributed by atoms with Gasteiger partial charge in [0.15, 0.2) is 41.2 Å². The van der Waals surface area contributed by atoms with Crippen LogP contribution in [0.1, 0.15) is 133 Å². The summed E-state index contributed by atoms with van der Waals surface area (Å²) in [5, 5.41) is 30.6. The molecular weight excluding hydrogens is 1090 g/mol. The summed E-state index contributed by atoms with van der Waals surface area (Å²) < 4.78 is 74.7. The Balaban J connectivity index is 0.000000212. The van der Waals surface area contributed by atoms with Gasteiger partial charge in [0.25, 0.3) is 0 Å². The van der Waals surface area contributed by atoms with Crippen molar-refractivity contribution in [3.63, 3.8) is 0 Å². The number of aliphatic hydroxyl groups is 2. The summed E-state index contributed by atoms with van der Waals surface area (Å²) in [7, 11) is -8.03. The van der Waals surface area contributed by atoms with Gasteiger partial charge < -0.3 is 57.5 Å². The molecule has 428 valence electrons. The zero-order valence-corrected chi connectivity index (χ0v) is 48.0. The zero-order valence-electron chi connectivity index (χ0n) is 44.7. The van der Waals surface area contributed by atoms with Crippen molar-refractivity contribution in [3.05, 3.63) is 23.0 Å². The highest BCUT2D eigenvalue weighted by Gasteiger charge is 2.57. The first-order valence-corrected chi connectivity index (χ1v) is 29.8. The minimum atomic E-state index is -4.39. The quantitative estimate of drug-likeness (QED) is 0.0684. The molecule has 3 saturated heterocycles. The number of carbonyl (C=O) groups excluding carboxylic acids is 2. The summed E-state index contributed by atoms with van der Waals surface area (Å²) in [6, 6.07) is 0.0113. The maximum atomic E-state index is 13.7. The highest BCUT2D eigenvalue weighted by atomic mass is 35.5. The van der Waals surface area contributed by atoms with Crippen LogP contribution in [0.25, 0.3) is 22.1 Å². The average molecular weight is 1160 g/mol. The topological polar surface area (TPSA) is 317 Å². The van der Waals surface area contributed by atoms with E-state index in [9.17, 15) is 28.9 Å². The van der Waals surface area contributed by atoms with Crippen LogP contribution < -0.4 is 9.80 Å². The number of carbonyl (C=O) groups is 2. The second kappa shape index (κ2) is 23.2. The first-order chi connectivity index (χ1) is 35.9. The SMILES string of the molecule is CC(=O)N(c1nc(Cl)nc2c1cnn2[C@@H]1O[C@H](COCP(=O)(O)O)[C@@H](O)[C@H]1O)C1CCCC1.CC(=O)N(c1nc(Cl)nc2c1cnn2[C@@H]1O[C@H](COCP(=O)(OC(C)(C)C)OC(C)(C)C)[C@H]2OC(C)(C)O[C@H]21)C1CCCC1. The van der Waals surface area contributed by atoms with E-state index in [0.29, 0.717) is 28.1 Å². The van der Waals surface area contributed by atoms with Crippen molar-refractivity contribution in [2.24, 2.45) is 0 Å². The largest absolute Gasteiger partial charge is 0.387 e. The van der Waals surface area contributed by atoms with Crippen LogP contribution in [-0.4, -0.2) is 163 Å². The summed E-state index contributed by atoms with van der Waals surface area (Å²) in [6.07, 6.45) is 1.94. The highest BCUT2D eigenvalue weighted by Crippen LogP contribution is 2.55. The van der Waals surface area contributed by atoms with Crippen molar-refractivity contribution >= 4 is 83.9 Å². The summed E-state index contributed by atoms with van der Waals surface area (Å²) >= 11 is 12.6. The number of nitrogens with zero attached hydrogens (tertiary/aromatic N) is 10. The predicted octanol–water partition coefficient (Wildman–Crippen LogP) is 6.54. The fourth-order valence-corrected chi connectivity index (χ4v) is 13.3. The molecular formula is C47H70Cl2N10O16P2. The summed E-state index contributed by atoms with van der Waals surface area (Å²) in [5.74, 6) is -0.472. The number of aromatic nitrogens is 8. The fraction of sp³-hybridized carbons (Fsp3) is 0.745. The first-order valence-electron chi connectivity index (χ1n) is 25.6. The molecule has 0 radical (unpaired) electrons. The molecule has 2 aliphatic carbocycles. The third kappa shape index (κ3) is 14.0. The first kappa shape index (κ1) is 59.7. The second-order valence-corrected chi connectivity index (χ2v) is 26.4. The van der Waals surface area contributed by atoms with Crippen LogP contribution >= 0.6 is 38.4 Å². The van der Waals surface area contributed by atoms with E-state index >= 15 is 0 Å². The zero-order chi connectivity index (χ0) is 56.2. The van der Waals surface area contributed by atoms with Crippen LogP contribution in [-0.2, 0) is 56.2 Å². The molecule has 4 aromatic rings. The Morgan fingerprint density at radius 1 is 0.688 bits per heavy atom. The van der Waals surface area contributed by atoms with Crippen LogP contribution in [0.15, 0.2) is 12.4 Å². The van der Waals surface area contributed by atoms with Crippen molar-refractivity contribution in [2.45, 2.75) is 199 Å². The number of halogens is 2. The van der Waals surface area contributed by atoms with E-state index in [1.54, 1.807) is 20.7 Å². The van der Waals surface area contributed by atoms with E-state index in [4.69, 9.17) is 70.5 Å². The minimum Gasteiger partial charge on any atom is -0.387 e. The molecule has 0 spiro atoms. The van der Waals surface area contributed by atoms with Crippen LogP contribution in [0.3, 0.4) is 0 Å². The highest BCUT2D eigenvalue weighted by molar-refractivity contribution is 7.53. The van der Waals surface area contributed by atoms with Gasteiger partial charge in [0, 0.05) is 25.9 Å². The number of rotatable bonds is 16. The third-order valence-corrected chi connectivity index (χ3v) is 16.2. The van der Waals surface area contributed by atoms with Gasteiger partial charge in [-0.3, -0.25) is 28.5 Å². The molecule has 0 bridgehead atoms.